The monoisotopic (exact) mass is 286 g/mol. The SMILES string of the molecule is CC1CCC(NCc2ccc(S(N)(=O)=O)o2)CC1C. The van der Waals surface area contributed by atoms with Crippen molar-refractivity contribution in [3.63, 3.8) is 0 Å². The van der Waals surface area contributed by atoms with Gasteiger partial charge in [-0.25, -0.2) is 13.6 Å². The predicted molar refractivity (Wildman–Crippen MR) is 72.9 cm³/mol. The van der Waals surface area contributed by atoms with E-state index in [1.807, 2.05) is 0 Å². The Kier molecular flexibility index (Phi) is 4.32. The first-order valence-corrected chi connectivity index (χ1v) is 8.26. The van der Waals surface area contributed by atoms with Gasteiger partial charge < -0.3 is 9.73 Å². The van der Waals surface area contributed by atoms with Crippen LogP contribution in [0, 0.1) is 11.8 Å². The van der Waals surface area contributed by atoms with Gasteiger partial charge in [-0.05, 0) is 43.2 Å². The van der Waals surface area contributed by atoms with Gasteiger partial charge in [0, 0.05) is 6.04 Å². The maximum absolute atomic E-state index is 11.1. The maximum atomic E-state index is 11.1. The number of primary sulfonamides is 1. The molecule has 0 aromatic carbocycles. The summed E-state index contributed by atoms with van der Waals surface area (Å²) in [6.45, 7) is 5.12. The van der Waals surface area contributed by atoms with E-state index in [1.165, 1.54) is 12.5 Å². The highest BCUT2D eigenvalue weighted by molar-refractivity contribution is 7.89. The molecule has 1 fully saturated rings. The molecule has 108 valence electrons. The van der Waals surface area contributed by atoms with E-state index in [0.717, 1.165) is 24.7 Å². The first-order chi connectivity index (χ1) is 8.86. The Morgan fingerprint density at radius 2 is 2.05 bits per heavy atom. The van der Waals surface area contributed by atoms with Gasteiger partial charge >= 0.3 is 0 Å². The van der Waals surface area contributed by atoms with Crippen LogP contribution in [-0.2, 0) is 16.6 Å². The number of hydrogen-bond acceptors (Lipinski definition) is 4. The van der Waals surface area contributed by atoms with Gasteiger partial charge in [0.25, 0.3) is 10.0 Å². The van der Waals surface area contributed by atoms with Crippen LogP contribution in [0.25, 0.3) is 0 Å². The lowest BCUT2D eigenvalue weighted by Gasteiger charge is -2.32. The van der Waals surface area contributed by atoms with E-state index in [-0.39, 0.29) is 5.09 Å². The van der Waals surface area contributed by atoms with E-state index in [4.69, 9.17) is 9.56 Å². The quantitative estimate of drug-likeness (QED) is 0.884. The Bertz CT molecular complexity index is 524. The van der Waals surface area contributed by atoms with Crippen molar-refractivity contribution in [1.29, 1.82) is 0 Å². The zero-order chi connectivity index (χ0) is 14.0. The third kappa shape index (κ3) is 3.81. The number of nitrogens with one attached hydrogen (secondary N) is 1. The molecule has 1 aromatic heterocycles. The molecule has 0 bridgehead atoms. The largest absolute Gasteiger partial charge is 0.447 e. The second kappa shape index (κ2) is 5.64. The minimum Gasteiger partial charge on any atom is -0.447 e. The van der Waals surface area contributed by atoms with Gasteiger partial charge in [0.2, 0.25) is 5.09 Å². The Balaban J connectivity index is 1.88. The molecule has 0 radical (unpaired) electrons. The van der Waals surface area contributed by atoms with Gasteiger partial charge in [0.15, 0.2) is 0 Å². The van der Waals surface area contributed by atoms with E-state index in [0.29, 0.717) is 18.3 Å². The Morgan fingerprint density at radius 1 is 1.32 bits per heavy atom. The highest BCUT2D eigenvalue weighted by Gasteiger charge is 2.24. The zero-order valence-corrected chi connectivity index (χ0v) is 12.2. The summed E-state index contributed by atoms with van der Waals surface area (Å²) in [5.74, 6) is 2.12. The van der Waals surface area contributed by atoms with Crippen LogP contribution in [0.5, 0.6) is 0 Å². The molecule has 3 unspecified atom stereocenters. The first-order valence-electron chi connectivity index (χ1n) is 6.71. The molecule has 1 aromatic rings. The smallest absolute Gasteiger partial charge is 0.271 e. The molecule has 0 aliphatic heterocycles. The topological polar surface area (TPSA) is 85.3 Å². The molecule has 0 amide bonds. The van der Waals surface area contributed by atoms with E-state index in [9.17, 15) is 8.42 Å². The summed E-state index contributed by atoms with van der Waals surface area (Å²) in [5.41, 5.74) is 0. The summed E-state index contributed by atoms with van der Waals surface area (Å²) in [5, 5.41) is 8.25. The van der Waals surface area contributed by atoms with Crippen molar-refractivity contribution in [2.24, 2.45) is 17.0 Å². The molecule has 2 rings (SSSR count). The molecular weight excluding hydrogens is 264 g/mol. The number of nitrogens with two attached hydrogens (primary N) is 1. The van der Waals surface area contributed by atoms with Crippen LogP contribution in [0.4, 0.5) is 0 Å². The molecule has 6 heteroatoms. The van der Waals surface area contributed by atoms with E-state index in [2.05, 4.69) is 19.2 Å². The van der Waals surface area contributed by atoms with Crippen molar-refractivity contribution in [1.82, 2.24) is 5.32 Å². The third-order valence-corrected chi connectivity index (χ3v) is 4.86. The van der Waals surface area contributed by atoms with Gasteiger partial charge in [-0.3, -0.25) is 0 Å². The van der Waals surface area contributed by atoms with Crippen molar-refractivity contribution >= 4 is 10.0 Å². The van der Waals surface area contributed by atoms with Gasteiger partial charge in [-0.2, -0.15) is 0 Å². The number of furan rings is 1. The first kappa shape index (κ1) is 14.6. The predicted octanol–water partition coefficient (Wildman–Crippen LogP) is 1.84. The second-order valence-electron chi connectivity index (χ2n) is 5.61. The summed E-state index contributed by atoms with van der Waals surface area (Å²) >= 11 is 0. The fourth-order valence-corrected chi connectivity index (χ4v) is 3.06. The minimum absolute atomic E-state index is 0.171. The van der Waals surface area contributed by atoms with Crippen molar-refractivity contribution in [3.8, 4) is 0 Å². The molecule has 1 aliphatic rings. The molecule has 0 spiro atoms. The normalized spacial score (nSPS) is 28.5. The Labute approximate surface area is 114 Å². The molecular formula is C13H22N2O3S. The Hall–Kier alpha value is -0.850. The van der Waals surface area contributed by atoms with Crippen LogP contribution < -0.4 is 10.5 Å². The van der Waals surface area contributed by atoms with Crippen molar-refractivity contribution < 1.29 is 12.8 Å². The van der Waals surface area contributed by atoms with Crippen molar-refractivity contribution in [3.05, 3.63) is 17.9 Å². The minimum atomic E-state index is -3.74. The lowest BCUT2D eigenvalue weighted by atomic mass is 9.79. The summed E-state index contributed by atoms with van der Waals surface area (Å²) in [4.78, 5) is 0. The summed E-state index contributed by atoms with van der Waals surface area (Å²) in [7, 11) is -3.74. The maximum Gasteiger partial charge on any atom is 0.271 e. The van der Waals surface area contributed by atoms with E-state index < -0.39 is 10.0 Å². The number of hydrogen-bond donors (Lipinski definition) is 2. The fourth-order valence-electron chi connectivity index (χ4n) is 2.58. The number of sulfonamides is 1. The summed E-state index contributed by atoms with van der Waals surface area (Å²) in [6.07, 6.45) is 3.55. The van der Waals surface area contributed by atoms with Gasteiger partial charge in [-0.15, -0.1) is 0 Å². The summed E-state index contributed by atoms with van der Waals surface area (Å²) < 4.78 is 27.4. The lowest BCUT2D eigenvalue weighted by Crippen LogP contribution is -2.35. The molecule has 19 heavy (non-hydrogen) atoms. The standard InChI is InChI=1S/C13H22N2O3S/c1-9-3-4-11(7-10(9)2)15-8-12-5-6-13(18-12)19(14,16)17/h5-6,9-11,15H,3-4,7-8H2,1-2H3,(H2,14,16,17). The zero-order valence-electron chi connectivity index (χ0n) is 11.4. The second-order valence-corrected chi connectivity index (χ2v) is 7.10. The lowest BCUT2D eigenvalue weighted by molar-refractivity contribution is 0.222. The van der Waals surface area contributed by atoms with E-state index in [1.54, 1.807) is 6.07 Å². The molecule has 3 N–H and O–H groups in total. The van der Waals surface area contributed by atoms with Gasteiger partial charge in [0.05, 0.1) is 6.54 Å². The third-order valence-electron chi connectivity index (χ3n) is 4.08. The fraction of sp³-hybridized carbons (Fsp3) is 0.692. The van der Waals surface area contributed by atoms with Gasteiger partial charge in [-0.1, -0.05) is 13.8 Å². The van der Waals surface area contributed by atoms with Crippen LogP contribution in [0.2, 0.25) is 0 Å². The van der Waals surface area contributed by atoms with Crippen LogP contribution >= 0.6 is 0 Å². The molecule has 1 heterocycles. The van der Waals surface area contributed by atoms with Crippen molar-refractivity contribution in [2.45, 2.75) is 50.8 Å². The average molecular weight is 286 g/mol. The average Bonchev–Trinajstić information content (AvgIpc) is 2.79. The van der Waals surface area contributed by atoms with Crippen LogP contribution in [-0.4, -0.2) is 14.5 Å². The molecule has 1 saturated carbocycles. The van der Waals surface area contributed by atoms with Crippen LogP contribution in [0.15, 0.2) is 21.6 Å². The molecule has 5 nitrogen and oxygen atoms in total. The number of rotatable bonds is 4. The highest BCUT2D eigenvalue weighted by Crippen LogP contribution is 2.29. The van der Waals surface area contributed by atoms with Crippen molar-refractivity contribution in [2.75, 3.05) is 0 Å². The Morgan fingerprint density at radius 3 is 2.63 bits per heavy atom. The molecule has 1 aliphatic carbocycles. The van der Waals surface area contributed by atoms with Gasteiger partial charge in [0.1, 0.15) is 5.76 Å². The van der Waals surface area contributed by atoms with Crippen LogP contribution in [0.1, 0.15) is 38.9 Å². The molecule has 3 atom stereocenters. The van der Waals surface area contributed by atoms with E-state index >= 15 is 0 Å². The highest BCUT2D eigenvalue weighted by atomic mass is 32.2. The molecule has 0 saturated heterocycles. The van der Waals surface area contributed by atoms with Crippen LogP contribution in [0.3, 0.4) is 0 Å². The summed E-state index contributed by atoms with van der Waals surface area (Å²) in [6, 6.07) is 3.54.